The second-order valence-electron chi connectivity index (χ2n) is 8.65. The molecule has 0 aromatic heterocycles. The van der Waals surface area contributed by atoms with Gasteiger partial charge < -0.3 is 10.1 Å². The number of carbonyl (C=O) groups is 1. The number of amides is 1. The van der Waals surface area contributed by atoms with E-state index in [0.29, 0.717) is 0 Å². The predicted molar refractivity (Wildman–Crippen MR) is 120 cm³/mol. The van der Waals surface area contributed by atoms with Gasteiger partial charge >= 0.3 is 6.09 Å². The highest BCUT2D eigenvalue weighted by atomic mass is 32.2. The molecular formula is C23H32N2O4S. The van der Waals surface area contributed by atoms with Crippen LogP contribution in [0.25, 0.3) is 0 Å². The van der Waals surface area contributed by atoms with Gasteiger partial charge in [0, 0.05) is 6.04 Å². The quantitative estimate of drug-likeness (QED) is 0.653. The molecule has 7 heteroatoms. The lowest BCUT2D eigenvalue weighted by Crippen LogP contribution is -2.47. The summed E-state index contributed by atoms with van der Waals surface area (Å²) in [7, 11) is -3.73. The van der Waals surface area contributed by atoms with Crippen molar-refractivity contribution >= 4 is 16.1 Å². The Kier molecular flexibility index (Phi) is 8.03. The number of carbonyl (C=O) groups excluding carboxylic acids is 1. The normalized spacial score (nSPS) is 13.3. The lowest BCUT2D eigenvalue weighted by molar-refractivity contribution is 0.0497. The molecule has 0 aliphatic carbocycles. The standard InChI is InChI=1S/C23H32N2O4S/c1-17(2)20(24-22(26)29-23(3,4)5)16-30(27,28)25-21(18-12-8-6-9-13-18)19-14-10-7-11-15-19/h6-15,17,20-21,25H,16H2,1-5H3,(H,24,26)/t20-/m1/s1. The van der Waals surface area contributed by atoms with Crippen molar-refractivity contribution < 1.29 is 17.9 Å². The zero-order valence-corrected chi connectivity index (χ0v) is 19.1. The maximum atomic E-state index is 13.1. The van der Waals surface area contributed by atoms with Crippen molar-refractivity contribution in [2.45, 2.75) is 52.3 Å². The van der Waals surface area contributed by atoms with E-state index in [0.717, 1.165) is 11.1 Å². The van der Waals surface area contributed by atoms with E-state index in [4.69, 9.17) is 4.74 Å². The Morgan fingerprint density at radius 3 is 1.80 bits per heavy atom. The van der Waals surface area contributed by atoms with Crippen molar-refractivity contribution in [3.8, 4) is 0 Å². The molecule has 30 heavy (non-hydrogen) atoms. The highest BCUT2D eigenvalue weighted by Gasteiger charge is 2.28. The first-order valence-corrected chi connectivity index (χ1v) is 11.7. The van der Waals surface area contributed by atoms with E-state index in [-0.39, 0.29) is 11.7 Å². The van der Waals surface area contributed by atoms with E-state index in [9.17, 15) is 13.2 Å². The fraction of sp³-hybridized carbons (Fsp3) is 0.435. The first kappa shape index (κ1) is 23.9. The highest BCUT2D eigenvalue weighted by molar-refractivity contribution is 7.89. The third kappa shape index (κ3) is 7.80. The largest absolute Gasteiger partial charge is 0.444 e. The first-order valence-electron chi connectivity index (χ1n) is 10.1. The van der Waals surface area contributed by atoms with Gasteiger partial charge in [0.2, 0.25) is 10.0 Å². The van der Waals surface area contributed by atoms with Crippen LogP contribution in [0.15, 0.2) is 60.7 Å². The minimum absolute atomic E-state index is 0.0963. The molecule has 0 bridgehead atoms. The Bertz CT molecular complexity index is 868. The minimum Gasteiger partial charge on any atom is -0.444 e. The van der Waals surface area contributed by atoms with E-state index in [2.05, 4.69) is 10.0 Å². The predicted octanol–water partition coefficient (Wildman–Crippen LogP) is 4.24. The van der Waals surface area contributed by atoms with Crippen molar-refractivity contribution in [2.75, 3.05) is 5.75 Å². The lowest BCUT2D eigenvalue weighted by atomic mass is 10.00. The van der Waals surface area contributed by atoms with E-state index in [1.807, 2.05) is 74.5 Å². The van der Waals surface area contributed by atoms with Crippen LogP contribution in [0.2, 0.25) is 0 Å². The van der Waals surface area contributed by atoms with Gasteiger partial charge in [-0.2, -0.15) is 0 Å². The number of hydrogen-bond acceptors (Lipinski definition) is 4. The van der Waals surface area contributed by atoms with Gasteiger partial charge in [-0.1, -0.05) is 74.5 Å². The first-order chi connectivity index (χ1) is 14.0. The molecule has 0 heterocycles. The number of alkyl carbamates (subject to hydrolysis) is 1. The van der Waals surface area contributed by atoms with Crippen molar-refractivity contribution in [3.05, 3.63) is 71.8 Å². The van der Waals surface area contributed by atoms with Gasteiger partial charge in [-0.25, -0.2) is 17.9 Å². The molecule has 164 valence electrons. The van der Waals surface area contributed by atoms with Crippen LogP contribution in [0.3, 0.4) is 0 Å². The average molecular weight is 433 g/mol. The molecule has 0 fully saturated rings. The number of rotatable bonds is 8. The summed E-state index contributed by atoms with van der Waals surface area (Å²) in [6, 6.07) is 17.7. The van der Waals surface area contributed by atoms with Crippen LogP contribution in [-0.4, -0.2) is 31.9 Å². The number of benzene rings is 2. The molecule has 1 atom stereocenters. The summed E-state index contributed by atoms with van der Waals surface area (Å²) in [5.41, 5.74) is 1.02. The average Bonchev–Trinajstić information content (AvgIpc) is 2.65. The molecule has 0 saturated carbocycles. The Hall–Kier alpha value is -2.38. The second kappa shape index (κ2) is 10.1. The van der Waals surface area contributed by atoms with E-state index >= 15 is 0 Å². The summed E-state index contributed by atoms with van der Waals surface area (Å²) in [4.78, 5) is 12.2. The van der Waals surface area contributed by atoms with Crippen LogP contribution < -0.4 is 10.0 Å². The monoisotopic (exact) mass is 432 g/mol. The zero-order valence-electron chi connectivity index (χ0n) is 18.3. The number of sulfonamides is 1. The van der Waals surface area contributed by atoms with E-state index in [1.54, 1.807) is 20.8 Å². The zero-order chi connectivity index (χ0) is 22.4. The second-order valence-corrected chi connectivity index (χ2v) is 10.4. The topological polar surface area (TPSA) is 84.5 Å². The molecule has 0 aliphatic rings. The highest BCUT2D eigenvalue weighted by Crippen LogP contribution is 2.23. The summed E-state index contributed by atoms with van der Waals surface area (Å²) in [5, 5.41) is 2.70. The van der Waals surface area contributed by atoms with Crippen LogP contribution in [0.5, 0.6) is 0 Å². The number of hydrogen-bond donors (Lipinski definition) is 2. The number of ether oxygens (including phenoxy) is 1. The van der Waals surface area contributed by atoms with Gasteiger partial charge in [-0.15, -0.1) is 0 Å². The number of nitrogens with one attached hydrogen (secondary N) is 2. The molecule has 6 nitrogen and oxygen atoms in total. The molecule has 2 N–H and O–H groups in total. The maximum absolute atomic E-state index is 13.1. The molecule has 2 rings (SSSR count). The van der Waals surface area contributed by atoms with Crippen molar-refractivity contribution in [2.24, 2.45) is 5.92 Å². The van der Waals surface area contributed by atoms with E-state index < -0.39 is 33.8 Å². The third-order valence-corrected chi connectivity index (χ3v) is 5.86. The van der Waals surface area contributed by atoms with Gasteiger partial charge in [-0.05, 0) is 37.8 Å². The van der Waals surface area contributed by atoms with Gasteiger partial charge in [-0.3, -0.25) is 0 Å². The van der Waals surface area contributed by atoms with Crippen LogP contribution in [-0.2, 0) is 14.8 Å². The lowest BCUT2D eigenvalue weighted by Gasteiger charge is -2.27. The summed E-state index contributed by atoms with van der Waals surface area (Å²) in [6.07, 6.45) is -0.626. The molecule has 0 radical (unpaired) electrons. The molecule has 0 spiro atoms. The van der Waals surface area contributed by atoms with Crippen LogP contribution in [0.1, 0.15) is 51.8 Å². The molecule has 2 aromatic rings. The van der Waals surface area contributed by atoms with Gasteiger partial charge in [0.15, 0.2) is 0 Å². The van der Waals surface area contributed by atoms with Gasteiger partial charge in [0.05, 0.1) is 11.8 Å². The fourth-order valence-electron chi connectivity index (χ4n) is 2.94. The molecule has 2 aromatic carbocycles. The Labute approximate surface area is 180 Å². The summed E-state index contributed by atoms with van der Waals surface area (Å²) in [5.74, 6) is -0.346. The third-order valence-electron chi connectivity index (χ3n) is 4.47. The molecule has 0 unspecified atom stereocenters. The summed E-state index contributed by atoms with van der Waals surface area (Å²) < 4.78 is 34.2. The van der Waals surface area contributed by atoms with Crippen LogP contribution in [0.4, 0.5) is 4.79 Å². The summed E-state index contributed by atoms with van der Waals surface area (Å²) >= 11 is 0. The van der Waals surface area contributed by atoms with Gasteiger partial charge in [0.1, 0.15) is 5.60 Å². The minimum atomic E-state index is -3.73. The SMILES string of the molecule is CC(C)[C@@H](CS(=O)(=O)NC(c1ccccc1)c1ccccc1)NC(=O)OC(C)(C)C. The van der Waals surface area contributed by atoms with Crippen molar-refractivity contribution in [1.82, 2.24) is 10.0 Å². The molecule has 0 saturated heterocycles. The molecule has 1 amide bonds. The molecular weight excluding hydrogens is 400 g/mol. The van der Waals surface area contributed by atoms with Gasteiger partial charge in [0.25, 0.3) is 0 Å². The Morgan fingerprint density at radius 1 is 0.933 bits per heavy atom. The van der Waals surface area contributed by atoms with E-state index in [1.165, 1.54) is 0 Å². The summed E-state index contributed by atoms with van der Waals surface area (Å²) in [6.45, 7) is 9.02. The smallest absolute Gasteiger partial charge is 0.407 e. The Balaban J connectivity index is 2.21. The Morgan fingerprint density at radius 2 is 1.40 bits per heavy atom. The maximum Gasteiger partial charge on any atom is 0.407 e. The molecule has 0 aliphatic heterocycles. The fourth-order valence-corrected chi connectivity index (χ4v) is 4.61. The van der Waals surface area contributed by atoms with Crippen molar-refractivity contribution in [3.63, 3.8) is 0 Å². The van der Waals surface area contributed by atoms with Crippen molar-refractivity contribution in [1.29, 1.82) is 0 Å². The van der Waals surface area contributed by atoms with Crippen LogP contribution >= 0.6 is 0 Å². The van der Waals surface area contributed by atoms with Crippen LogP contribution in [0, 0.1) is 5.92 Å².